The molecule has 1 rings (SSSR count). The Kier molecular flexibility index (Phi) is 4.82. The van der Waals surface area contributed by atoms with Crippen molar-refractivity contribution < 1.29 is 31.5 Å². The van der Waals surface area contributed by atoms with Crippen LogP contribution in [0.5, 0.6) is 0 Å². The maximum Gasteiger partial charge on any atom is 0.390 e. The number of hydrogen-bond donors (Lipinski definition) is 2. The van der Waals surface area contributed by atoms with Gasteiger partial charge in [-0.1, -0.05) is 0 Å². The highest BCUT2D eigenvalue weighted by molar-refractivity contribution is 7.89. The smallest absolute Gasteiger partial charge is 0.390 e. The number of nitrogens with one attached hydrogen (secondary N) is 1. The van der Waals surface area contributed by atoms with Crippen LogP contribution < -0.4 is 4.72 Å². The van der Waals surface area contributed by atoms with Crippen molar-refractivity contribution in [3.05, 3.63) is 15.8 Å². The van der Waals surface area contributed by atoms with E-state index in [1.165, 1.54) is 12.3 Å². The number of aryl methyl sites for hydroxylation is 1. The number of halogens is 3. The molecule has 0 saturated heterocycles. The van der Waals surface area contributed by atoms with Crippen LogP contribution in [0.2, 0.25) is 0 Å². The quantitative estimate of drug-likeness (QED) is 0.868. The van der Waals surface area contributed by atoms with Crippen molar-refractivity contribution in [2.24, 2.45) is 0 Å². The molecule has 0 amide bonds. The monoisotopic (exact) mass is 331 g/mol. The van der Waals surface area contributed by atoms with Gasteiger partial charge in [0.2, 0.25) is 10.0 Å². The average Bonchev–Trinajstić information content (AvgIpc) is 2.56. The number of rotatable bonds is 5. The van der Waals surface area contributed by atoms with Crippen LogP contribution >= 0.6 is 11.3 Å². The van der Waals surface area contributed by atoms with Crippen molar-refractivity contribution in [3.63, 3.8) is 0 Å². The van der Waals surface area contributed by atoms with Gasteiger partial charge in [0.25, 0.3) is 0 Å². The zero-order valence-electron chi connectivity index (χ0n) is 10.5. The Morgan fingerprint density at radius 1 is 1.50 bits per heavy atom. The molecule has 0 saturated carbocycles. The van der Waals surface area contributed by atoms with E-state index in [2.05, 4.69) is 0 Å². The average molecular weight is 331 g/mol. The number of carbonyl (C=O) groups is 1. The van der Waals surface area contributed by atoms with Crippen molar-refractivity contribution in [2.45, 2.75) is 37.4 Å². The summed E-state index contributed by atoms with van der Waals surface area (Å²) in [5, 5.41) is 10.2. The zero-order valence-corrected chi connectivity index (χ0v) is 12.1. The Morgan fingerprint density at radius 3 is 2.50 bits per heavy atom. The van der Waals surface area contributed by atoms with Crippen LogP contribution in [0, 0.1) is 6.92 Å². The number of aromatic carboxylic acids is 1. The highest BCUT2D eigenvalue weighted by atomic mass is 32.2. The third-order valence-electron chi connectivity index (χ3n) is 2.27. The fourth-order valence-corrected chi connectivity index (χ4v) is 4.50. The van der Waals surface area contributed by atoms with Crippen molar-refractivity contribution in [1.29, 1.82) is 0 Å². The van der Waals surface area contributed by atoms with Crippen molar-refractivity contribution in [1.82, 2.24) is 4.72 Å². The maximum absolute atomic E-state index is 12.2. The molecule has 114 valence electrons. The standard InChI is InChI=1S/C10H12F3NO4S2/c1-5-4-19-7(9(15)16)8(5)20(17,18)14-6(2)3-10(11,12)13/h4,6,14H,3H2,1-2H3,(H,15,16). The van der Waals surface area contributed by atoms with E-state index in [0.29, 0.717) is 11.3 Å². The number of thiophene rings is 1. The van der Waals surface area contributed by atoms with E-state index in [1.807, 2.05) is 4.72 Å². The van der Waals surface area contributed by atoms with Gasteiger partial charge in [-0.25, -0.2) is 17.9 Å². The topological polar surface area (TPSA) is 83.5 Å². The Labute approximate surface area is 117 Å². The molecule has 5 nitrogen and oxygen atoms in total. The molecule has 0 aliphatic carbocycles. The van der Waals surface area contributed by atoms with E-state index < -0.39 is 44.4 Å². The van der Waals surface area contributed by atoms with Crippen LogP contribution in [-0.2, 0) is 10.0 Å². The van der Waals surface area contributed by atoms with Gasteiger partial charge in [0.05, 0.1) is 6.42 Å². The summed E-state index contributed by atoms with van der Waals surface area (Å²) in [6.45, 7) is 2.44. The van der Waals surface area contributed by atoms with E-state index >= 15 is 0 Å². The summed E-state index contributed by atoms with van der Waals surface area (Å²) in [6, 6.07) is -1.39. The summed E-state index contributed by atoms with van der Waals surface area (Å²) in [4.78, 5) is 10.0. The highest BCUT2D eigenvalue weighted by Gasteiger charge is 2.34. The minimum Gasteiger partial charge on any atom is -0.477 e. The molecule has 1 unspecified atom stereocenters. The third kappa shape index (κ3) is 4.18. The molecule has 20 heavy (non-hydrogen) atoms. The second-order valence-electron chi connectivity index (χ2n) is 4.22. The first-order valence-corrected chi connectivity index (χ1v) is 7.71. The molecule has 1 heterocycles. The van der Waals surface area contributed by atoms with E-state index in [9.17, 15) is 26.4 Å². The molecule has 10 heteroatoms. The lowest BCUT2D eigenvalue weighted by atomic mass is 10.2. The zero-order chi connectivity index (χ0) is 15.7. The summed E-state index contributed by atoms with van der Waals surface area (Å²) in [5.74, 6) is -1.44. The summed E-state index contributed by atoms with van der Waals surface area (Å²) in [7, 11) is -4.32. The van der Waals surface area contributed by atoms with Gasteiger partial charge in [-0.15, -0.1) is 11.3 Å². The Bertz CT molecular complexity index is 607. The van der Waals surface area contributed by atoms with Gasteiger partial charge in [0.1, 0.15) is 9.77 Å². The lowest BCUT2D eigenvalue weighted by Crippen LogP contribution is -2.36. The van der Waals surface area contributed by atoms with Crippen molar-refractivity contribution in [3.8, 4) is 0 Å². The van der Waals surface area contributed by atoms with Crippen molar-refractivity contribution >= 4 is 27.3 Å². The lowest BCUT2D eigenvalue weighted by Gasteiger charge is -2.16. The Hall–Kier alpha value is -1.13. The van der Waals surface area contributed by atoms with Gasteiger partial charge in [-0.2, -0.15) is 13.2 Å². The van der Waals surface area contributed by atoms with Gasteiger partial charge in [0, 0.05) is 6.04 Å². The molecule has 0 spiro atoms. The van der Waals surface area contributed by atoms with E-state index in [-0.39, 0.29) is 5.56 Å². The molecule has 0 aliphatic heterocycles. The number of sulfonamides is 1. The van der Waals surface area contributed by atoms with Crippen molar-refractivity contribution in [2.75, 3.05) is 0 Å². The first-order valence-electron chi connectivity index (χ1n) is 5.34. The van der Waals surface area contributed by atoms with Gasteiger partial charge in [-0.05, 0) is 24.8 Å². The molecular weight excluding hydrogens is 319 g/mol. The molecule has 0 fully saturated rings. The van der Waals surface area contributed by atoms with Crippen LogP contribution in [0.4, 0.5) is 13.2 Å². The molecule has 2 N–H and O–H groups in total. The summed E-state index contributed by atoms with van der Waals surface area (Å²) in [5.41, 5.74) is 0.180. The fourth-order valence-electron chi connectivity index (χ4n) is 1.63. The molecule has 1 aromatic heterocycles. The normalized spacial score (nSPS) is 14.2. The van der Waals surface area contributed by atoms with Gasteiger partial charge in [0.15, 0.2) is 0 Å². The number of hydrogen-bond acceptors (Lipinski definition) is 4. The van der Waals surface area contributed by atoms with Crippen LogP contribution in [0.25, 0.3) is 0 Å². The minimum atomic E-state index is -4.51. The van der Waals surface area contributed by atoms with Crippen LogP contribution in [0.3, 0.4) is 0 Å². The van der Waals surface area contributed by atoms with Crippen LogP contribution in [0.1, 0.15) is 28.6 Å². The molecule has 1 atom stereocenters. The molecule has 0 bridgehead atoms. The van der Waals surface area contributed by atoms with E-state index in [0.717, 1.165) is 6.92 Å². The maximum atomic E-state index is 12.2. The predicted molar refractivity (Wildman–Crippen MR) is 66.5 cm³/mol. The number of alkyl halides is 3. The molecule has 1 aromatic rings. The molecule has 0 aliphatic rings. The Morgan fingerprint density at radius 2 is 2.05 bits per heavy atom. The molecular formula is C10H12F3NO4S2. The molecule has 0 aromatic carbocycles. The van der Waals surface area contributed by atoms with Gasteiger partial charge in [-0.3, -0.25) is 0 Å². The summed E-state index contributed by atoms with van der Waals surface area (Å²) in [6.07, 6.45) is -5.85. The van der Waals surface area contributed by atoms with E-state index in [4.69, 9.17) is 5.11 Å². The first-order chi connectivity index (χ1) is 8.94. The minimum absolute atomic E-state index is 0.180. The van der Waals surface area contributed by atoms with E-state index in [1.54, 1.807) is 0 Å². The number of carboxylic acid groups (broad SMARTS) is 1. The first kappa shape index (κ1) is 16.9. The second-order valence-corrected chi connectivity index (χ2v) is 6.75. The van der Waals surface area contributed by atoms with Gasteiger partial charge < -0.3 is 5.11 Å². The predicted octanol–water partition coefficient (Wildman–Crippen LogP) is 2.37. The SMILES string of the molecule is Cc1csc(C(=O)O)c1S(=O)(=O)NC(C)CC(F)(F)F. The fraction of sp³-hybridized carbons (Fsp3) is 0.500. The summed E-state index contributed by atoms with van der Waals surface area (Å²) >= 11 is 0.710. The largest absolute Gasteiger partial charge is 0.477 e. The molecule has 0 radical (unpaired) electrons. The second kappa shape index (κ2) is 5.70. The van der Waals surface area contributed by atoms with Crippen LogP contribution in [0.15, 0.2) is 10.3 Å². The van der Waals surface area contributed by atoms with Crippen LogP contribution in [-0.4, -0.2) is 31.7 Å². The highest BCUT2D eigenvalue weighted by Crippen LogP contribution is 2.28. The summed E-state index contributed by atoms with van der Waals surface area (Å²) < 4.78 is 62.4. The Balaban J connectivity index is 3.06. The van der Waals surface area contributed by atoms with Gasteiger partial charge >= 0.3 is 12.1 Å². The third-order valence-corrected chi connectivity index (χ3v) is 5.27. The number of carboxylic acids is 1. The lowest BCUT2D eigenvalue weighted by molar-refractivity contribution is -0.137.